The van der Waals surface area contributed by atoms with E-state index in [2.05, 4.69) is 19.1 Å². The normalized spacial score (nSPS) is 36.4. The first-order valence-corrected chi connectivity index (χ1v) is 16.2. The molecule has 4 N–H and O–H groups in total. The highest BCUT2D eigenvalue weighted by atomic mass is 16.7. The third-order valence-electron chi connectivity index (χ3n) is 11.3. The highest BCUT2D eigenvalue weighted by molar-refractivity contribution is 5.74. The van der Waals surface area contributed by atoms with Crippen LogP contribution in [0.25, 0.3) is 0 Å². The molecular weight excluding hydrogens is 580 g/mol. The number of aliphatic hydroxyl groups is 4. The Kier molecular flexibility index (Phi) is 7.86. The first-order chi connectivity index (χ1) is 21.7. The van der Waals surface area contributed by atoms with E-state index in [9.17, 15) is 25.2 Å². The summed E-state index contributed by atoms with van der Waals surface area (Å²) >= 11 is 0. The summed E-state index contributed by atoms with van der Waals surface area (Å²) in [6, 6.07) is 7.91. The maximum atomic E-state index is 11.5. The summed E-state index contributed by atoms with van der Waals surface area (Å²) in [5.74, 6) is -2.80. The molecule has 10 nitrogen and oxygen atoms in total. The van der Waals surface area contributed by atoms with Crippen molar-refractivity contribution >= 4 is 6.29 Å². The van der Waals surface area contributed by atoms with Crippen LogP contribution < -0.4 is 0 Å². The van der Waals surface area contributed by atoms with Crippen molar-refractivity contribution in [3.05, 3.63) is 81.6 Å². The summed E-state index contributed by atoms with van der Waals surface area (Å²) in [5.41, 5.74) is 4.73. The quantitative estimate of drug-likeness (QED) is 0.243. The average molecular weight is 623 g/mol. The smallest absolute Gasteiger partial charge is 0.327 e. The first kappa shape index (κ1) is 30.2. The lowest BCUT2D eigenvalue weighted by atomic mass is 9.51. The largest absolute Gasteiger partial charge is 0.503 e. The van der Waals surface area contributed by atoms with Gasteiger partial charge in [0.15, 0.2) is 6.29 Å². The van der Waals surface area contributed by atoms with Gasteiger partial charge in [0.25, 0.3) is 6.29 Å². The summed E-state index contributed by atoms with van der Waals surface area (Å²) in [6.45, 7) is 3.57. The van der Waals surface area contributed by atoms with Crippen LogP contribution in [0, 0.1) is 17.3 Å². The van der Waals surface area contributed by atoms with Crippen LogP contribution in [-0.4, -0.2) is 64.7 Å². The fraction of sp³-hybridized carbons (Fsp3) is 0.571. The Labute approximate surface area is 262 Å². The molecule has 45 heavy (non-hydrogen) atoms. The van der Waals surface area contributed by atoms with E-state index in [4.69, 9.17) is 23.7 Å². The van der Waals surface area contributed by atoms with Crippen LogP contribution >= 0.6 is 0 Å². The molecule has 3 heterocycles. The standard InChI is InChI=1S/C35H42O10/c1-34-16-25(21-7-5-20(17-36)6-8-21)28-23-12-15-41-18-22(23)9-10-24(28)26(34)11-13-35(34,45-27-4-2-3-14-42-27)19-43-33-31(39)29(37)30(38)32(40)44-33/h5-8,17-18,24-27,33,37-40H,2-4,9-16,19H2,1H3/t24?,25-,26?,27?,33?,34+,35-/m1/s1. The van der Waals surface area contributed by atoms with Crippen LogP contribution in [0.5, 0.6) is 0 Å². The van der Waals surface area contributed by atoms with Crippen molar-refractivity contribution in [2.75, 3.05) is 19.8 Å². The minimum Gasteiger partial charge on any atom is -0.503 e. The van der Waals surface area contributed by atoms with Crippen LogP contribution in [0.1, 0.15) is 86.6 Å². The molecule has 7 rings (SSSR count). The second-order valence-corrected chi connectivity index (χ2v) is 13.5. The van der Waals surface area contributed by atoms with E-state index < -0.39 is 46.8 Å². The Balaban J connectivity index is 1.29. The fourth-order valence-electron chi connectivity index (χ4n) is 9.01. The lowest BCUT2D eigenvalue weighted by Crippen LogP contribution is -2.57. The van der Waals surface area contributed by atoms with E-state index in [0.717, 1.165) is 63.2 Å². The van der Waals surface area contributed by atoms with Gasteiger partial charge in [0.2, 0.25) is 17.3 Å². The molecule has 0 aromatic heterocycles. The van der Waals surface area contributed by atoms with Gasteiger partial charge in [0.1, 0.15) is 11.9 Å². The summed E-state index contributed by atoms with van der Waals surface area (Å²) in [6.07, 6.45) is 8.79. The summed E-state index contributed by atoms with van der Waals surface area (Å²) in [7, 11) is 0. The van der Waals surface area contributed by atoms with Crippen molar-refractivity contribution in [2.24, 2.45) is 17.3 Å². The zero-order valence-electron chi connectivity index (χ0n) is 25.6. The lowest BCUT2D eigenvalue weighted by Gasteiger charge is -2.56. The van der Waals surface area contributed by atoms with Gasteiger partial charge in [-0.25, -0.2) is 0 Å². The summed E-state index contributed by atoms with van der Waals surface area (Å²) in [4.78, 5) is 11.5. The topological polar surface area (TPSA) is 144 Å². The number of benzene rings is 1. The third kappa shape index (κ3) is 5.02. The lowest BCUT2D eigenvalue weighted by molar-refractivity contribution is -0.285. The van der Waals surface area contributed by atoms with Crippen LogP contribution in [-0.2, 0) is 23.7 Å². The molecule has 10 heteroatoms. The van der Waals surface area contributed by atoms with Crippen molar-refractivity contribution in [2.45, 2.75) is 88.8 Å². The molecule has 0 radical (unpaired) electrons. The van der Waals surface area contributed by atoms with Crippen molar-refractivity contribution < 1.29 is 48.9 Å². The van der Waals surface area contributed by atoms with Gasteiger partial charge in [-0.2, -0.15) is 0 Å². The van der Waals surface area contributed by atoms with Gasteiger partial charge in [-0.05, 0) is 79.9 Å². The molecule has 3 fully saturated rings. The Morgan fingerprint density at radius 2 is 1.82 bits per heavy atom. The van der Waals surface area contributed by atoms with Crippen LogP contribution in [0.2, 0.25) is 0 Å². The number of hydrogen-bond donors (Lipinski definition) is 4. The van der Waals surface area contributed by atoms with Gasteiger partial charge in [0, 0.05) is 29.9 Å². The molecule has 3 aliphatic heterocycles. The average Bonchev–Trinajstić information content (AvgIpc) is 3.36. The molecule has 6 aliphatic rings. The zero-order valence-corrected chi connectivity index (χ0v) is 25.6. The van der Waals surface area contributed by atoms with Gasteiger partial charge >= 0.3 is 5.95 Å². The molecule has 242 valence electrons. The minimum absolute atomic E-state index is 0.00429. The van der Waals surface area contributed by atoms with Gasteiger partial charge in [0.05, 0.1) is 19.5 Å². The minimum atomic E-state index is -1.52. The number of aliphatic hydroxyl groups excluding tert-OH is 4. The molecule has 3 aliphatic carbocycles. The van der Waals surface area contributed by atoms with Crippen molar-refractivity contribution in [1.82, 2.24) is 0 Å². The van der Waals surface area contributed by atoms with Gasteiger partial charge in [-0.3, -0.25) is 4.79 Å². The molecular formula is C35H42O10. The maximum absolute atomic E-state index is 11.5. The van der Waals surface area contributed by atoms with E-state index >= 15 is 0 Å². The molecule has 4 unspecified atom stereocenters. The number of carbonyl (C=O) groups is 1. The molecule has 7 atom stereocenters. The van der Waals surface area contributed by atoms with Crippen LogP contribution in [0.4, 0.5) is 0 Å². The number of aldehydes is 1. The van der Waals surface area contributed by atoms with E-state index in [0.29, 0.717) is 31.1 Å². The van der Waals surface area contributed by atoms with Crippen LogP contribution in [0.15, 0.2) is 70.5 Å². The predicted octanol–water partition coefficient (Wildman–Crippen LogP) is 6.68. The molecule has 2 saturated carbocycles. The number of hydrogen-bond acceptors (Lipinski definition) is 10. The van der Waals surface area contributed by atoms with Crippen LogP contribution in [0.3, 0.4) is 0 Å². The van der Waals surface area contributed by atoms with E-state index in [-0.39, 0.29) is 18.4 Å². The second kappa shape index (κ2) is 11.7. The maximum Gasteiger partial charge on any atom is 0.327 e. The Morgan fingerprint density at radius 1 is 1.00 bits per heavy atom. The highest BCUT2D eigenvalue weighted by Crippen LogP contribution is 2.68. The number of carbonyl (C=O) groups excluding carboxylic acids is 1. The Bertz CT molecular complexity index is 1450. The van der Waals surface area contributed by atoms with E-state index in [1.54, 1.807) is 0 Å². The van der Waals surface area contributed by atoms with E-state index in [1.165, 1.54) is 16.7 Å². The molecule has 0 bridgehead atoms. The van der Waals surface area contributed by atoms with Gasteiger partial charge in [-0.1, -0.05) is 36.8 Å². The first-order valence-electron chi connectivity index (χ1n) is 16.2. The van der Waals surface area contributed by atoms with Crippen molar-refractivity contribution in [1.29, 1.82) is 0 Å². The zero-order chi connectivity index (χ0) is 31.3. The number of ether oxygens (including phenoxy) is 5. The van der Waals surface area contributed by atoms with Crippen molar-refractivity contribution in [3.63, 3.8) is 0 Å². The van der Waals surface area contributed by atoms with Gasteiger partial charge < -0.3 is 44.1 Å². The Hall–Kier alpha value is -3.47. The molecule has 0 spiro atoms. The number of allylic oxidation sites excluding steroid dienone is 2. The summed E-state index contributed by atoms with van der Waals surface area (Å²) in [5, 5.41) is 40.6. The third-order valence-corrected chi connectivity index (χ3v) is 11.3. The molecule has 1 saturated heterocycles. The SMILES string of the molecule is C[C@]12C[C@H](c3ccc(C=O)cc3)C3=C4CCOC=C4CCC3C1CC[C@]2(COC1OC(O)=C(O)C(O)=C1O)OC1CCCCO1. The monoisotopic (exact) mass is 622 g/mol. The fourth-order valence-corrected chi connectivity index (χ4v) is 9.01. The van der Waals surface area contributed by atoms with E-state index in [1.807, 2.05) is 18.4 Å². The predicted molar refractivity (Wildman–Crippen MR) is 161 cm³/mol. The molecule has 0 amide bonds. The second-order valence-electron chi connectivity index (χ2n) is 13.5. The summed E-state index contributed by atoms with van der Waals surface area (Å²) < 4.78 is 30.3. The van der Waals surface area contributed by atoms with Gasteiger partial charge in [-0.15, -0.1) is 0 Å². The highest BCUT2D eigenvalue weighted by Gasteiger charge is 2.65. The number of rotatable bonds is 7. The molecule has 1 aromatic carbocycles. The Morgan fingerprint density at radius 3 is 2.58 bits per heavy atom. The number of fused-ring (bicyclic) bond motifs is 4. The molecule has 1 aromatic rings. The van der Waals surface area contributed by atoms with Crippen molar-refractivity contribution in [3.8, 4) is 0 Å².